The van der Waals surface area contributed by atoms with Gasteiger partial charge < -0.3 is 10.6 Å². The molecule has 2 aromatic rings. The van der Waals surface area contributed by atoms with Crippen LogP contribution in [0.4, 0.5) is 0 Å². The fourth-order valence-corrected chi connectivity index (χ4v) is 4.20. The van der Waals surface area contributed by atoms with Crippen LogP contribution in [0, 0.1) is 12.3 Å². The topological polar surface area (TPSA) is 59.0 Å². The predicted octanol–water partition coefficient (Wildman–Crippen LogP) is 2.79. The molecule has 5 heteroatoms. The average molecular weight is 352 g/mol. The summed E-state index contributed by atoms with van der Waals surface area (Å²) in [6.45, 7) is 7.15. The molecule has 26 heavy (non-hydrogen) atoms. The third-order valence-electron chi connectivity index (χ3n) is 5.98. The van der Waals surface area contributed by atoms with Gasteiger partial charge in [0.25, 0.3) is 5.91 Å². The van der Waals surface area contributed by atoms with Crippen molar-refractivity contribution in [2.75, 3.05) is 19.6 Å². The summed E-state index contributed by atoms with van der Waals surface area (Å²) in [6.07, 6.45) is 5.24. The van der Waals surface area contributed by atoms with Gasteiger partial charge in [-0.25, -0.2) is 4.68 Å². The summed E-state index contributed by atoms with van der Waals surface area (Å²) in [5.74, 6) is -0.0183. The second-order valence-corrected chi connectivity index (χ2v) is 8.07. The Labute approximate surface area is 155 Å². The molecule has 5 nitrogen and oxygen atoms in total. The maximum absolute atomic E-state index is 12.9. The highest BCUT2D eigenvalue weighted by molar-refractivity contribution is 5.94. The SMILES string of the molecule is Cc1ccccc1-n1nc(C(=O)NCC2(C)CCNCC2)c2c1CCC2. The van der Waals surface area contributed by atoms with Gasteiger partial charge in [0.2, 0.25) is 0 Å². The van der Waals surface area contributed by atoms with Crippen LogP contribution in [-0.4, -0.2) is 35.3 Å². The van der Waals surface area contributed by atoms with Crippen LogP contribution in [0.25, 0.3) is 5.69 Å². The first-order valence-corrected chi connectivity index (χ1v) is 9.73. The standard InChI is InChI=1S/C21H28N4O/c1-15-6-3-4-8-17(15)25-18-9-5-7-16(18)19(24-25)20(26)23-14-21(2)10-12-22-13-11-21/h3-4,6,8,22H,5,7,9-14H2,1-2H3,(H,23,26). The van der Waals surface area contributed by atoms with Crippen molar-refractivity contribution in [1.82, 2.24) is 20.4 Å². The number of carbonyl (C=O) groups excluding carboxylic acids is 1. The van der Waals surface area contributed by atoms with Crippen molar-refractivity contribution in [3.63, 3.8) is 0 Å². The summed E-state index contributed by atoms with van der Waals surface area (Å²) in [5, 5.41) is 11.3. The van der Waals surface area contributed by atoms with E-state index in [2.05, 4.69) is 36.6 Å². The minimum absolute atomic E-state index is 0.0183. The van der Waals surface area contributed by atoms with Gasteiger partial charge in [0.1, 0.15) is 0 Å². The summed E-state index contributed by atoms with van der Waals surface area (Å²) in [6, 6.07) is 8.24. The number of aromatic nitrogens is 2. The molecule has 2 N–H and O–H groups in total. The molecular formula is C21H28N4O. The largest absolute Gasteiger partial charge is 0.350 e. The molecule has 138 valence electrons. The van der Waals surface area contributed by atoms with Gasteiger partial charge in [0.05, 0.1) is 5.69 Å². The van der Waals surface area contributed by atoms with Crippen LogP contribution in [0.5, 0.6) is 0 Å². The van der Waals surface area contributed by atoms with E-state index in [-0.39, 0.29) is 11.3 Å². The van der Waals surface area contributed by atoms with Crippen molar-refractivity contribution in [3.05, 3.63) is 46.8 Å². The third-order valence-corrected chi connectivity index (χ3v) is 5.98. The zero-order chi connectivity index (χ0) is 18.1. The number of nitrogens with zero attached hydrogens (tertiary/aromatic N) is 2. The number of amides is 1. The van der Waals surface area contributed by atoms with Gasteiger partial charge in [-0.3, -0.25) is 4.79 Å². The third kappa shape index (κ3) is 3.16. The number of hydrogen-bond acceptors (Lipinski definition) is 3. The number of rotatable bonds is 4. The molecule has 0 saturated carbocycles. The Morgan fingerprint density at radius 2 is 2.04 bits per heavy atom. The number of benzene rings is 1. The van der Waals surface area contributed by atoms with E-state index in [1.54, 1.807) is 0 Å². The van der Waals surface area contributed by atoms with Gasteiger partial charge in [-0.2, -0.15) is 5.10 Å². The monoisotopic (exact) mass is 352 g/mol. The van der Waals surface area contributed by atoms with Crippen molar-refractivity contribution >= 4 is 5.91 Å². The van der Waals surface area contributed by atoms with E-state index in [0.29, 0.717) is 5.69 Å². The molecule has 1 amide bonds. The van der Waals surface area contributed by atoms with Crippen LogP contribution in [-0.2, 0) is 12.8 Å². The van der Waals surface area contributed by atoms with Gasteiger partial charge in [-0.05, 0) is 69.2 Å². The number of nitrogens with one attached hydrogen (secondary N) is 2. The van der Waals surface area contributed by atoms with E-state index in [9.17, 15) is 4.79 Å². The lowest BCUT2D eigenvalue weighted by Crippen LogP contribution is -2.43. The lowest BCUT2D eigenvalue weighted by molar-refractivity contribution is 0.0916. The molecule has 1 saturated heterocycles. The molecule has 1 aromatic heterocycles. The Balaban J connectivity index is 1.58. The zero-order valence-corrected chi connectivity index (χ0v) is 15.8. The lowest BCUT2D eigenvalue weighted by atomic mass is 9.81. The summed E-state index contributed by atoms with van der Waals surface area (Å²) in [7, 11) is 0. The van der Waals surface area contributed by atoms with Crippen LogP contribution in [0.15, 0.2) is 24.3 Å². The average Bonchev–Trinajstić information content (AvgIpc) is 3.24. The Morgan fingerprint density at radius 3 is 2.81 bits per heavy atom. The first-order chi connectivity index (χ1) is 12.6. The van der Waals surface area contributed by atoms with Gasteiger partial charge in [0, 0.05) is 17.8 Å². The molecule has 2 aliphatic rings. The highest BCUT2D eigenvalue weighted by Crippen LogP contribution is 2.30. The minimum Gasteiger partial charge on any atom is -0.350 e. The van der Waals surface area contributed by atoms with Crippen LogP contribution in [0.2, 0.25) is 0 Å². The Morgan fingerprint density at radius 1 is 1.27 bits per heavy atom. The fraction of sp³-hybridized carbons (Fsp3) is 0.524. The molecule has 1 aliphatic heterocycles. The van der Waals surface area contributed by atoms with Crippen LogP contribution in [0.1, 0.15) is 53.5 Å². The molecule has 4 rings (SSSR count). The molecule has 0 spiro atoms. The van der Waals surface area contributed by atoms with Gasteiger partial charge >= 0.3 is 0 Å². The van der Waals surface area contributed by atoms with E-state index in [1.165, 1.54) is 11.3 Å². The molecule has 2 heterocycles. The number of para-hydroxylation sites is 1. The molecule has 1 aromatic carbocycles. The van der Waals surface area contributed by atoms with Crippen molar-refractivity contribution in [2.24, 2.45) is 5.41 Å². The lowest BCUT2D eigenvalue weighted by Gasteiger charge is -2.34. The summed E-state index contributed by atoms with van der Waals surface area (Å²) in [4.78, 5) is 12.9. The van der Waals surface area contributed by atoms with E-state index < -0.39 is 0 Å². The molecule has 0 unspecified atom stereocenters. The minimum atomic E-state index is -0.0183. The molecule has 0 bridgehead atoms. The van der Waals surface area contributed by atoms with Crippen LogP contribution < -0.4 is 10.6 Å². The Bertz CT molecular complexity index is 817. The fourth-order valence-electron chi connectivity index (χ4n) is 4.20. The first kappa shape index (κ1) is 17.3. The molecule has 0 radical (unpaired) electrons. The number of fused-ring (bicyclic) bond motifs is 1. The van der Waals surface area contributed by atoms with Gasteiger partial charge in [-0.1, -0.05) is 25.1 Å². The van der Waals surface area contributed by atoms with E-state index in [4.69, 9.17) is 5.10 Å². The maximum atomic E-state index is 12.9. The van der Waals surface area contributed by atoms with E-state index in [1.807, 2.05) is 16.8 Å². The van der Waals surface area contributed by atoms with Crippen molar-refractivity contribution < 1.29 is 4.79 Å². The van der Waals surface area contributed by atoms with Crippen LogP contribution >= 0.6 is 0 Å². The van der Waals surface area contributed by atoms with E-state index >= 15 is 0 Å². The number of piperidine rings is 1. The van der Waals surface area contributed by atoms with E-state index in [0.717, 1.165) is 63.0 Å². The Kier molecular flexibility index (Phi) is 4.57. The summed E-state index contributed by atoms with van der Waals surface area (Å²) >= 11 is 0. The summed E-state index contributed by atoms with van der Waals surface area (Å²) in [5.41, 5.74) is 5.41. The Hall–Kier alpha value is -2.14. The molecule has 0 atom stereocenters. The molecular weight excluding hydrogens is 324 g/mol. The number of aryl methyl sites for hydroxylation is 1. The smallest absolute Gasteiger partial charge is 0.272 e. The van der Waals surface area contributed by atoms with Crippen molar-refractivity contribution in [2.45, 2.75) is 46.0 Å². The van der Waals surface area contributed by atoms with Crippen molar-refractivity contribution in [1.29, 1.82) is 0 Å². The highest BCUT2D eigenvalue weighted by Gasteiger charge is 2.30. The molecule has 1 fully saturated rings. The first-order valence-electron chi connectivity index (χ1n) is 9.73. The van der Waals surface area contributed by atoms with Gasteiger partial charge in [-0.15, -0.1) is 0 Å². The van der Waals surface area contributed by atoms with Crippen molar-refractivity contribution in [3.8, 4) is 5.69 Å². The second-order valence-electron chi connectivity index (χ2n) is 8.07. The quantitative estimate of drug-likeness (QED) is 0.890. The normalized spacial score (nSPS) is 18.5. The molecule has 1 aliphatic carbocycles. The number of carbonyl (C=O) groups is 1. The second kappa shape index (κ2) is 6.88. The van der Waals surface area contributed by atoms with Gasteiger partial charge in [0.15, 0.2) is 5.69 Å². The van der Waals surface area contributed by atoms with Crippen LogP contribution in [0.3, 0.4) is 0 Å². The maximum Gasteiger partial charge on any atom is 0.272 e. The number of hydrogen-bond donors (Lipinski definition) is 2. The predicted molar refractivity (Wildman–Crippen MR) is 103 cm³/mol. The zero-order valence-electron chi connectivity index (χ0n) is 15.8. The summed E-state index contributed by atoms with van der Waals surface area (Å²) < 4.78 is 2.00. The highest BCUT2D eigenvalue weighted by atomic mass is 16.2.